The third-order valence-electron chi connectivity index (χ3n) is 5.08. The smallest absolute Gasteiger partial charge is 0.225 e. The van der Waals surface area contributed by atoms with Gasteiger partial charge in [-0.3, -0.25) is 4.79 Å². The van der Waals surface area contributed by atoms with Gasteiger partial charge in [-0.25, -0.2) is 0 Å². The van der Waals surface area contributed by atoms with E-state index in [4.69, 9.17) is 4.74 Å². The summed E-state index contributed by atoms with van der Waals surface area (Å²) < 4.78 is 5.68. The number of nitrogens with zero attached hydrogens (tertiary/aromatic N) is 1. The van der Waals surface area contributed by atoms with Gasteiger partial charge in [0.15, 0.2) is 0 Å². The minimum Gasteiger partial charge on any atom is -0.493 e. The van der Waals surface area contributed by atoms with Crippen LogP contribution >= 0.6 is 0 Å². The highest BCUT2D eigenvalue weighted by Crippen LogP contribution is 2.36. The van der Waals surface area contributed by atoms with Crippen molar-refractivity contribution in [2.75, 3.05) is 32.8 Å². The molecule has 4 heteroatoms. The van der Waals surface area contributed by atoms with E-state index in [1.165, 1.54) is 12.0 Å². The average molecular weight is 302 g/mol. The van der Waals surface area contributed by atoms with Crippen LogP contribution in [-0.4, -0.2) is 43.6 Å². The first-order valence-electron chi connectivity index (χ1n) is 8.35. The minimum atomic E-state index is 0.230. The molecule has 0 aromatic heterocycles. The second kappa shape index (κ2) is 6.69. The van der Waals surface area contributed by atoms with Crippen molar-refractivity contribution in [1.82, 2.24) is 10.2 Å². The standard InChI is InChI=1S/C18H26N2O2/c1-15-3-2-4-16(13-15)22-12-5-17(21)20-10-7-18(8-11-20)6-9-19-14-18/h2-4,13,19H,5-12,14H2,1H3. The third-order valence-corrected chi connectivity index (χ3v) is 5.08. The van der Waals surface area contributed by atoms with Gasteiger partial charge in [0.25, 0.3) is 0 Å². The largest absolute Gasteiger partial charge is 0.493 e. The Morgan fingerprint density at radius 2 is 2.14 bits per heavy atom. The zero-order valence-corrected chi connectivity index (χ0v) is 13.4. The zero-order chi connectivity index (χ0) is 15.4. The third kappa shape index (κ3) is 3.61. The lowest BCUT2D eigenvalue weighted by molar-refractivity contribution is -0.133. The van der Waals surface area contributed by atoms with Crippen LogP contribution < -0.4 is 10.1 Å². The molecule has 0 unspecified atom stereocenters. The lowest BCUT2D eigenvalue weighted by Crippen LogP contribution is -2.44. The Balaban J connectivity index is 1.41. The van der Waals surface area contributed by atoms with E-state index >= 15 is 0 Å². The number of ether oxygens (including phenoxy) is 1. The first-order chi connectivity index (χ1) is 10.7. The number of hydrogen-bond donors (Lipinski definition) is 1. The molecule has 0 aliphatic carbocycles. The maximum absolute atomic E-state index is 12.3. The molecule has 0 radical (unpaired) electrons. The molecule has 4 nitrogen and oxygen atoms in total. The molecule has 2 saturated heterocycles. The lowest BCUT2D eigenvalue weighted by Gasteiger charge is -2.38. The van der Waals surface area contributed by atoms with Crippen LogP contribution in [0.25, 0.3) is 0 Å². The Kier molecular flexibility index (Phi) is 4.67. The van der Waals surface area contributed by atoms with Crippen LogP contribution in [0.15, 0.2) is 24.3 Å². The highest BCUT2D eigenvalue weighted by Gasteiger charge is 2.37. The van der Waals surface area contributed by atoms with E-state index in [0.29, 0.717) is 18.4 Å². The van der Waals surface area contributed by atoms with Crippen LogP contribution in [0.3, 0.4) is 0 Å². The molecule has 0 atom stereocenters. The Hall–Kier alpha value is -1.55. The van der Waals surface area contributed by atoms with Crippen molar-refractivity contribution in [2.45, 2.75) is 32.6 Å². The fraction of sp³-hybridized carbons (Fsp3) is 0.611. The molecule has 1 spiro atoms. The number of carbonyl (C=O) groups excluding carboxylic acids is 1. The second-order valence-electron chi connectivity index (χ2n) is 6.72. The van der Waals surface area contributed by atoms with Crippen molar-refractivity contribution in [2.24, 2.45) is 5.41 Å². The average Bonchev–Trinajstić information content (AvgIpc) is 2.96. The summed E-state index contributed by atoms with van der Waals surface area (Å²) in [6.45, 7) is 6.59. The van der Waals surface area contributed by atoms with Crippen molar-refractivity contribution < 1.29 is 9.53 Å². The van der Waals surface area contributed by atoms with Gasteiger partial charge in [0.05, 0.1) is 13.0 Å². The molecule has 3 rings (SSSR count). The van der Waals surface area contributed by atoms with Gasteiger partial charge in [0.1, 0.15) is 5.75 Å². The number of benzene rings is 1. The summed E-state index contributed by atoms with van der Waals surface area (Å²) >= 11 is 0. The first kappa shape index (κ1) is 15.3. The van der Waals surface area contributed by atoms with E-state index in [1.54, 1.807) is 0 Å². The number of hydrogen-bond acceptors (Lipinski definition) is 3. The number of amides is 1. The number of carbonyl (C=O) groups is 1. The summed E-state index contributed by atoms with van der Waals surface area (Å²) in [6.07, 6.45) is 4.03. The Labute approximate surface area is 132 Å². The van der Waals surface area contributed by atoms with Gasteiger partial charge in [-0.2, -0.15) is 0 Å². The van der Waals surface area contributed by atoms with E-state index in [2.05, 4.69) is 5.32 Å². The molecule has 2 heterocycles. The van der Waals surface area contributed by atoms with Gasteiger partial charge in [-0.1, -0.05) is 12.1 Å². The molecule has 1 amide bonds. The quantitative estimate of drug-likeness (QED) is 0.928. The van der Waals surface area contributed by atoms with E-state index in [9.17, 15) is 4.79 Å². The van der Waals surface area contributed by atoms with Crippen LogP contribution in [0.1, 0.15) is 31.2 Å². The summed E-state index contributed by atoms with van der Waals surface area (Å²) in [5.74, 6) is 1.08. The molecule has 22 heavy (non-hydrogen) atoms. The SMILES string of the molecule is Cc1cccc(OCCC(=O)N2CCC3(CCNC3)CC2)c1. The molecule has 1 N–H and O–H groups in total. The summed E-state index contributed by atoms with van der Waals surface area (Å²) in [7, 11) is 0. The van der Waals surface area contributed by atoms with Gasteiger partial charge in [-0.05, 0) is 55.8 Å². The molecular weight excluding hydrogens is 276 g/mol. The van der Waals surface area contributed by atoms with Gasteiger partial charge >= 0.3 is 0 Å². The van der Waals surface area contributed by atoms with Crippen LogP contribution in [0.2, 0.25) is 0 Å². The molecule has 120 valence electrons. The number of likely N-dealkylation sites (tertiary alicyclic amines) is 1. The second-order valence-corrected chi connectivity index (χ2v) is 6.72. The van der Waals surface area contributed by atoms with E-state index in [0.717, 1.165) is 44.8 Å². The van der Waals surface area contributed by atoms with Crippen LogP contribution in [-0.2, 0) is 4.79 Å². The molecule has 1 aromatic carbocycles. The molecular formula is C18H26N2O2. The fourth-order valence-corrected chi connectivity index (χ4v) is 3.57. The van der Waals surface area contributed by atoms with Crippen molar-refractivity contribution in [3.05, 3.63) is 29.8 Å². The summed E-state index contributed by atoms with van der Waals surface area (Å²) in [6, 6.07) is 7.96. The molecule has 0 saturated carbocycles. The minimum absolute atomic E-state index is 0.230. The highest BCUT2D eigenvalue weighted by molar-refractivity contribution is 5.76. The van der Waals surface area contributed by atoms with Crippen LogP contribution in [0.5, 0.6) is 5.75 Å². The predicted molar refractivity (Wildman–Crippen MR) is 87.0 cm³/mol. The molecule has 2 aliphatic heterocycles. The van der Waals surface area contributed by atoms with E-state index in [1.807, 2.05) is 36.1 Å². The van der Waals surface area contributed by atoms with Crippen molar-refractivity contribution in [3.63, 3.8) is 0 Å². The van der Waals surface area contributed by atoms with Crippen LogP contribution in [0, 0.1) is 12.3 Å². The highest BCUT2D eigenvalue weighted by atomic mass is 16.5. The Morgan fingerprint density at radius 1 is 1.32 bits per heavy atom. The maximum Gasteiger partial charge on any atom is 0.225 e. The molecule has 0 bridgehead atoms. The number of piperidine rings is 1. The number of nitrogens with one attached hydrogen (secondary N) is 1. The lowest BCUT2D eigenvalue weighted by atomic mass is 9.78. The fourth-order valence-electron chi connectivity index (χ4n) is 3.57. The summed E-state index contributed by atoms with van der Waals surface area (Å²) in [4.78, 5) is 14.3. The summed E-state index contributed by atoms with van der Waals surface area (Å²) in [5.41, 5.74) is 1.64. The monoisotopic (exact) mass is 302 g/mol. The molecule has 2 fully saturated rings. The van der Waals surface area contributed by atoms with Crippen molar-refractivity contribution in [3.8, 4) is 5.75 Å². The predicted octanol–water partition coefficient (Wildman–Crippen LogP) is 2.37. The van der Waals surface area contributed by atoms with Gasteiger partial charge < -0.3 is 15.0 Å². The topological polar surface area (TPSA) is 41.6 Å². The van der Waals surface area contributed by atoms with E-state index < -0.39 is 0 Å². The first-order valence-corrected chi connectivity index (χ1v) is 8.35. The van der Waals surface area contributed by atoms with Gasteiger partial charge in [0, 0.05) is 19.6 Å². The number of rotatable bonds is 4. The Morgan fingerprint density at radius 3 is 2.82 bits per heavy atom. The van der Waals surface area contributed by atoms with Crippen LogP contribution in [0.4, 0.5) is 0 Å². The maximum atomic E-state index is 12.3. The molecule has 1 aromatic rings. The molecule has 2 aliphatic rings. The Bertz CT molecular complexity index is 514. The van der Waals surface area contributed by atoms with E-state index in [-0.39, 0.29) is 5.91 Å². The normalized spacial score (nSPS) is 20.3. The summed E-state index contributed by atoms with van der Waals surface area (Å²) in [5, 5.41) is 3.46. The van der Waals surface area contributed by atoms with Gasteiger partial charge in [0.2, 0.25) is 5.91 Å². The van der Waals surface area contributed by atoms with Crippen molar-refractivity contribution >= 4 is 5.91 Å². The van der Waals surface area contributed by atoms with Gasteiger partial charge in [-0.15, -0.1) is 0 Å². The van der Waals surface area contributed by atoms with Crippen molar-refractivity contribution in [1.29, 1.82) is 0 Å². The zero-order valence-electron chi connectivity index (χ0n) is 13.4. The number of aryl methyl sites for hydroxylation is 1.